The molecule has 0 fully saturated rings. The van der Waals surface area contributed by atoms with Crippen LogP contribution in [0.1, 0.15) is 31.2 Å². The van der Waals surface area contributed by atoms with E-state index in [1.54, 1.807) is 0 Å². The van der Waals surface area contributed by atoms with E-state index in [2.05, 4.69) is 4.90 Å². The van der Waals surface area contributed by atoms with Crippen molar-refractivity contribution in [2.75, 3.05) is 29.5 Å². The summed E-state index contributed by atoms with van der Waals surface area (Å²) in [5.41, 5.74) is 2.07. The summed E-state index contributed by atoms with van der Waals surface area (Å²) in [6.07, 6.45) is 1.89. The van der Waals surface area contributed by atoms with Gasteiger partial charge in [0.1, 0.15) is 0 Å². The van der Waals surface area contributed by atoms with Crippen molar-refractivity contribution in [1.82, 2.24) is 0 Å². The van der Waals surface area contributed by atoms with E-state index in [9.17, 15) is 16.8 Å². The Bertz CT molecular complexity index is 685. The number of hydrogen-bond acceptors (Lipinski definition) is 5. The number of hydrogen-bond donors (Lipinski definition) is 2. The van der Waals surface area contributed by atoms with E-state index in [1.165, 1.54) is 0 Å². The molecule has 0 bridgehead atoms. The van der Waals surface area contributed by atoms with Gasteiger partial charge in [-0.2, -0.15) is 16.8 Å². The summed E-state index contributed by atoms with van der Waals surface area (Å²) in [4.78, 5) is 2.06. The predicted molar refractivity (Wildman–Crippen MR) is 109 cm³/mol. The zero-order valence-corrected chi connectivity index (χ0v) is 15.4. The van der Waals surface area contributed by atoms with E-state index in [0.29, 0.717) is 38.8 Å². The van der Waals surface area contributed by atoms with Crippen LogP contribution in [0.25, 0.3) is 0 Å². The molecule has 0 amide bonds. The molecule has 2 N–H and O–H groups in total. The fourth-order valence-electron chi connectivity index (χ4n) is 2.37. The van der Waals surface area contributed by atoms with Gasteiger partial charge in [0.15, 0.2) is 0 Å². The second-order valence-corrected chi connectivity index (χ2v) is 8.96. The normalized spacial score (nSPS) is 11.3. The minimum atomic E-state index is -3.94. The second-order valence-electron chi connectivity index (χ2n) is 5.81. The van der Waals surface area contributed by atoms with Crippen molar-refractivity contribution in [2.24, 2.45) is 0 Å². The first-order valence-electron chi connectivity index (χ1n) is 7.79. The van der Waals surface area contributed by atoms with Crippen LogP contribution in [0.2, 0.25) is 0 Å². The fraction of sp³-hybridized carbons (Fsp3) is 0.600. The van der Waals surface area contributed by atoms with E-state index in [4.69, 9.17) is 9.11 Å². The Hall–Kier alpha value is 0.840. The third kappa shape index (κ3) is 14.8. The van der Waals surface area contributed by atoms with Crippen LogP contribution in [0.4, 0.5) is 5.69 Å². The molecule has 0 aliphatic heterocycles. The monoisotopic (exact) mass is 427 g/mol. The van der Waals surface area contributed by atoms with E-state index in [1.807, 2.05) is 31.2 Å². The molecular formula is C15H27NNa2O6S2. The first-order chi connectivity index (χ1) is 11.1. The third-order valence-electron chi connectivity index (χ3n) is 3.53. The minimum absolute atomic E-state index is 0. The summed E-state index contributed by atoms with van der Waals surface area (Å²) >= 11 is 0. The van der Waals surface area contributed by atoms with Crippen LogP contribution in [-0.4, -0.2) is 110 Å². The van der Waals surface area contributed by atoms with E-state index >= 15 is 0 Å². The Morgan fingerprint density at radius 1 is 0.846 bits per heavy atom. The Morgan fingerprint density at radius 3 is 1.69 bits per heavy atom. The van der Waals surface area contributed by atoms with Crippen molar-refractivity contribution >= 4 is 85.0 Å². The maximum absolute atomic E-state index is 10.8. The van der Waals surface area contributed by atoms with Gasteiger partial charge in [-0.25, -0.2) is 0 Å². The molecule has 0 unspecified atom stereocenters. The topological polar surface area (TPSA) is 112 Å². The summed E-state index contributed by atoms with van der Waals surface area (Å²) in [5, 5.41) is 0. The van der Waals surface area contributed by atoms with Crippen molar-refractivity contribution < 1.29 is 25.9 Å². The molecule has 142 valence electrons. The predicted octanol–water partition coefficient (Wildman–Crippen LogP) is 0.840. The first-order valence-corrected chi connectivity index (χ1v) is 11.0. The molecule has 0 heterocycles. The molecule has 0 saturated carbocycles. The van der Waals surface area contributed by atoms with Crippen LogP contribution >= 0.6 is 0 Å². The van der Waals surface area contributed by atoms with Crippen LogP contribution in [-0.2, 0) is 20.2 Å². The number of nitrogens with zero attached hydrogens (tertiary/aromatic N) is 1. The van der Waals surface area contributed by atoms with Gasteiger partial charge >= 0.3 is 59.1 Å². The SMILES string of the molecule is Cc1cccc(N(CCCCS(=O)(=O)O)CCCCS(=O)(=O)O)c1.[NaH].[NaH]. The van der Waals surface area contributed by atoms with Gasteiger partial charge in [0.05, 0.1) is 11.5 Å². The zero-order chi connectivity index (χ0) is 18.2. The molecule has 0 saturated heterocycles. The molecule has 0 radical (unpaired) electrons. The quantitative estimate of drug-likeness (QED) is 0.306. The molecule has 11 heteroatoms. The van der Waals surface area contributed by atoms with Crippen molar-refractivity contribution in [3.05, 3.63) is 29.8 Å². The third-order valence-corrected chi connectivity index (χ3v) is 5.14. The summed E-state index contributed by atoms with van der Waals surface area (Å²) in [6, 6.07) is 7.84. The van der Waals surface area contributed by atoms with Gasteiger partial charge in [-0.05, 0) is 50.3 Å². The van der Waals surface area contributed by atoms with Crippen LogP contribution in [0, 0.1) is 6.92 Å². The van der Waals surface area contributed by atoms with Crippen molar-refractivity contribution in [1.29, 1.82) is 0 Å². The number of benzene rings is 1. The molecule has 0 spiro atoms. The number of aryl methyl sites for hydroxylation is 1. The second kappa shape index (κ2) is 13.9. The maximum atomic E-state index is 10.8. The standard InChI is InChI=1S/C15H25NO6S2.2Na.2H/c1-14-7-6-8-15(13-14)16(9-2-4-11-23(17,18)19)10-3-5-12-24(20,21)22;;;;/h6-8,13H,2-5,9-12H2,1H3,(H,17,18,19)(H,20,21,22);;;;. The summed E-state index contributed by atoms with van der Waals surface area (Å²) in [7, 11) is -7.89. The Labute approximate surface area is 201 Å². The van der Waals surface area contributed by atoms with Gasteiger partial charge in [-0.3, -0.25) is 9.11 Å². The van der Waals surface area contributed by atoms with Crippen molar-refractivity contribution in [3.8, 4) is 0 Å². The van der Waals surface area contributed by atoms with Crippen LogP contribution in [0.5, 0.6) is 0 Å². The van der Waals surface area contributed by atoms with E-state index in [-0.39, 0.29) is 70.6 Å². The Morgan fingerprint density at radius 2 is 1.31 bits per heavy atom. The molecule has 1 aromatic carbocycles. The molecule has 0 aliphatic carbocycles. The summed E-state index contributed by atoms with van der Waals surface area (Å²) in [6.45, 7) is 3.17. The molecule has 7 nitrogen and oxygen atoms in total. The van der Waals surface area contributed by atoms with E-state index in [0.717, 1.165) is 11.3 Å². The Balaban J connectivity index is 0. The van der Waals surface area contributed by atoms with Gasteiger partial charge in [-0.1, -0.05) is 12.1 Å². The molecule has 0 atom stereocenters. The average molecular weight is 427 g/mol. The van der Waals surface area contributed by atoms with E-state index < -0.39 is 20.2 Å². The number of unbranched alkanes of at least 4 members (excludes halogenated alkanes) is 2. The van der Waals surface area contributed by atoms with Gasteiger partial charge in [0.25, 0.3) is 20.2 Å². The molecule has 1 aromatic rings. The van der Waals surface area contributed by atoms with Crippen LogP contribution in [0.3, 0.4) is 0 Å². The first kappa shape index (κ1) is 29.0. The average Bonchev–Trinajstić information content (AvgIpc) is 2.43. The summed E-state index contributed by atoms with van der Waals surface area (Å²) < 4.78 is 60.6. The van der Waals surface area contributed by atoms with Gasteiger partial charge < -0.3 is 4.90 Å². The number of anilines is 1. The molecular weight excluding hydrogens is 400 g/mol. The zero-order valence-electron chi connectivity index (χ0n) is 13.8. The summed E-state index contributed by atoms with van der Waals surface area (Å²) in [5.74, 6) is -0.533. The molecule has 1 rings (SSSR count). The fourth-order valence-corrected chi connectivity index (χ4v) is 3.51. The van der Waals surface area contributed by atoms with Crippen LogP contribution in [0.15, 0.2) is 24.3 Å². The van der Waals surface area contributed by atoms with Gasteiger partial charge in [0, 0.05) is 18.8 Å². The van der Waals surface area contributed by atoms with Gasteiger partial charge in [0.2, 0.25) is 0 Å². The van der Waals surface area contributed by atoms with Crippen molar-refractivity contribution in [3.63, 3.8) is 0 Å². The number of rotatable bonds is 11. The van der Waals surface area contributed by atoms with Crippen molar-refractivity contribution in [2.45, 2.75) is 32.6 Å². The van der Waals surface area contributed by atoms with Gasteiger partial charge in [-0.15, -0.1) is 0 Å². The molecule has 0 aliphatic rings. The molecule has 0 aromatic heterocycles. The Kier molecular flexibility index (Phi) is 15.6. The van der Waals surface area contributed by atoms with Crippen LogP contribution < -0.4 is 4.90 Å². The molecule has 26 heavy (non-hydrogen) atoms.